The van der Waals surface area contributed by atoms with Crippen LogP contribution in [0.25, 0.3) is 38.8 Å². The van der Waals surface area contributed by atoms with E-state index in [2.05, 4.69) is 124 Å². The highest BCUT2D eigenvalue weighted by Gasteiger charge is 2.20. The maximum absolute atomic E-state index is 4.66. The lowest BCUT2D eigenvalue weighted by Gasteiger charge is -2.19. The largest absolute Gasteiger partial charge is 0.309 e. The maximum atomic E-state index is 4.66. The van der Waals surface area contributed by atoms with E-state index in [1.165, 1.54) is 32.9 Å². The van der Waals surface area contributed by atoms with E-state index in [-0.39, 0.29) is 10.8 Å². The Hall–Kier alpha value is -3.39. The molecule has 0 aliphatic carbocycles. The SMILES string of the molecule is CC(C)(C)c1ccc2c(c1)c1cc(C(C)(C)C)ccc1n2-c1ccnc(-c2ccccc2)c1. The van der Waals surface area contributed by atoms with E-state index >= 15 is 0 Å². The number of hydrogen-bond donors (Lipinski definition) is 0. The van der Waals surface area contributed by atoms with Crippen LogP contribution in [0.1, 0.15) is 52.7 Å². The third-order valence-electron chi connectivity index (χ3n) is 6.57. The summed E-state index contributed by atoms with van der Waals surface area (Å²) in [6, 6.07) is 28.6. The van der Waals surface area contributed by atoms with Crippen LogP contribution in [0, 0.1) is 0 Å². The van der Waals surface area contributed by atoms with Gasteiger partial charge in [-0.25, -0.2) is 0 Å². The van der Waals surface area contributed by atoms with Crippen LogP contribution in [0.3, 0.4) is 0 Å². The number of rotatable bonds is 2. The van der Waals surface area contributed by atoms with E-state index in [1.54, 1.807) is 0 Å². The lowest BCUT2D eigenvalue weighted by molar-refractivity contribution is 0.590. The molecule has 166 valence electrons. The Bertz CT molecular complexity index is 1390. The highest BCUT2D eigenvalue weighted by molar-refractivity contribution is 6.10. The molecule has 5 aromatic rings. The third-order valence-corrected chi connectivity index (χ3v) is 6.57. The van der Waals surface area contributed by atoms with Crippen molar-refractivity contribution in [2.75, 3.05) is 0 Å². The van der Waals surface area contributed by atoms with Crippen molar-refractivity contribution < 1.29 is 0 Å². The molecule has 3 aromatic carbocycles. The fourth-order valence-corrected chi connectivity index (χ4v) is 4.56. The van der Waals surface area contributed by atoms with Gasteiger partial charge >= 0.3 is 0 Å². The maximum Gasteiger partial charge on any atom is 0.0722 e. The molecule has 2 aromatic heterocycles. The molecule has 0 radical (unpaired) electrons. The molecule has 0 spiro atoms. The first-order valence-electron chi connectivity index (χ1n) is 11.7. The normalized spacial score (nSPS) is 12.5. The van der Waals surface area contributed by atoms with E-state index in [9.17, 15) is 0 Å². The molecule has 0 fully saturated rings. The van der Waals surface area contributed by atoms with E-state index in [0.29, 0.717) is 0 Å². The summed E-state index contributed by atoms with van der Waals surface area (Å²) in [5.74, 6) is 0. The van der Waals surface area contributed by atoms with Gasteiger partial charge in [0.25, 0.3) is 0 Å². The molecule has 0 amide bonds. The van der Waals surface area contributed by atoms with Crippen LogP contribution in [0.5, 0.6) is 0 Å². The molecule has 2 heteroatoms. The van der Waals surface area contributed by atoms with Crippen molar-refractivity contribution >= 4 is 21.8 Å². The predicted octanol–water partition coefficient (Wildman–Crippen LogP) is 8.44. The van der Waals surface area contributed by atoms with Crippen LogP contribution >= 0.6 is 0 Å². The van der Waals surface area contributed by atoms with Crippen molar-refractivity contribution in [2.45, 2.75) is 52.4 Å². The van der Waals surface area contributed by atoms with E-state index < -0.39 is 0 Å². The summed E-state index contributed by atoms with van der Waals surface area (Å²) in [6.45, 7) is 13.7. The van der Waals surface area contributed by atoms with Gasteiger partial charge in [-0.2, -0.15) is 0 Å². The second-order valence-electron chi connectivity index (χ2n) is 11.1. The molecular formula is C31H32N2. The Kier molecular flexibility index (Phi) is 4.93. The van der Waals surface area contributed by atoms with Crippen LogP contribution in [0.2, 0.25) is 0 Å². The second kappa shape index (κ2) is 7.59. The zero-order valence-electron chi connectivity index (χ0n) is 20.5. The molecule has 0 bridgehead atoms. The molecule has 2 heterocycles. The minimum absolute atomic E-state index is 0.0986. The molecule has 5 rings (SSSR count). The Balaban J connectivity index is 1.82. The van der Waals surface area contributed by atoms with Gasteiger partial charge in [0.1, 0.15) is 0 Å². The summed E-state index contributed by atoms with van der Waals surface area (Å²) in [6.07, 6.45) is 1.92. The Morgan fingerprint density at radius 3 is 1.67 bits per heavy atom. The van der Waals surface area contributed by atoms with E-state index in [4.69, 9.17) is 0 Å². The lowest BCUT2D eigenvalue weighted by atomic mass is 9.85. The summed E-state index contributed by atoms with van der Waals surface area (Å²) < 4.78 is 2.39. The van der Waals surface area contributed by atoms with Gasteiger partial charge in [-0.1, -0.05) is 84.0 Å². The van der Waals surface area contributed by atoms with Gasteiger partial charge in [0, 0.05) is 28.2 Å². The van der Waals surface area contributed by atoms with Gasteiger partial charge in [0.2, 0.25) is 0 Å². The van der Waals surface area contributed by atoms with Crippen molar-refractivity contribution in [1.82, 2.24) is 9.55 Å². The van der Waals surface area contributed by atoms with Gasteiger partial charge in [-0.15, -0.1) is 0 Å². The Labute approximate surface area is 196 Å². The molecule has 2 nitrogen and oxygen atoms in total. The zero-order chi connectivity index (χ0) is 23.4. The summed E-state index contributed by atoms with van der Waals surface area (Å²) in [5.41, 5.74) is 8.62. The zero-order valence-corrected chi connectivity index (χ0v) is 20.5. The van der Waals surface area contributed by atoms with Crippen LogP contribution in [-0.4, -0.2) is 9.55 Å². The summed E-state index contributed by atoms with van der Waals surface area (Å²) >= 11 is 0. The number of fused-ring (bicyclic) bond motifs is 3. The average molecular weight is 433 g/mol. The third kappa shape index (κ3) is 3.84. The van der Waals surface area contributed by atoms with Crippen molar-refractivity contribution in [3.63, 3.8) is 0 Å². The van der Waals surface area contributed by atoms with Crippen LogP contribution in [0.4, 0.5) is 0 Å². The first kappa shape index (κ1) is 21.5. The van der Waals surface area contributed by atoms with Gasteiger partial charge in [0.15, 0.2) is 0 Å². The highest BCUT2D eigenvalue weighted by atomic mass is 15.0. The van der Waals surface area contributed by atoms with Gasteiger partial charge in [0.05, 0.1) is 16.7 Å². The van der Waals surface area contributed by atoms with Crippen molar-refractivity contribution in [2.24, 2.45) is 0 Å². The first-order valence-corrected chi connectivity index (χ1v) is 11.7. The number of nitrogens with zero attached hydrogens (tertiary/aromatic N) is 2. The molecule has 0 saturated carbocycles. The average Bonchev–Trinajstić information content (AvgIpc) is 3.12. The Morgan fingerprint density at radius 1 is 0.606 bits per heavy atom. The number of pyridine rings is 1. The van der Waals surface area contributed by atoms with E-state index in [1.807, 2.05) is 12.3 Å². The molecule has 0 atom stereocenters. The summed E-state index contributed by atoms with van der Waals surface area (Å²) in [7, 11) is 0. The molecule has 0 unspecified atom stereocenters. The molecule has 0 saturated heterocycles. The van der Waals surface area contributed by atoms with Crippen molar-refractivity contribution in [3.05, 3.63) is 96.2 Å². The second-order valence-corrected chi connectivity index (χ2v) is 11.1. The number of aromatic nitrogens is 2. The van der Waals surface area contributed by atoms with Gasteiger partial charge in [-0.05, 0) is 58.4 Å². The van der Waals surface area contributed by atoms with Crippen molar-refractivity contribution in [1.29, 1.82) is 0 Å². The van der Waals surface area contributed by atoms with Gasteiger partial charge in [-0.3, -0.25) is 4.98 Å². The predicted molar refractivity (Wildman–Crippen MR) is 141 cm³/mol. The number of hydrogen-bond acceptors (Lipinski definition) is 1. The molecule has 0 aliphatic rings. The first-order chi connectivity index (χ1) is 15.6. The topological polar surface area (TPSA) is 17.8 Å². The minimum Gasteiger partial charge on any atom is -0.309 e. The fourth-order valence-electron chi connectivity index (χ4n) is 4.56. The smallest absolute Gasteiger partial charge is 0.0722 e. The molecular weight excluding hydrogens is 400 g/mol. The monoisotopic (exact) mass is 432 g/mol. The van der Waals surface area contributed by atoms with Crippen LogP contribution in [-0.2, 0) is 10.8 Å². The van der Waals surface area contributed by atoms with Crippen LogP contribution < -0.4 is 0 Å². The highest BCUT2D eigenvalue weighted by Crippen LogP contribution is 2.37. The van der Waals surface area contributed by atoms with Crippen LogP contribution in [0.15, 0.2) is 85.1 Å². The fraction of sp³-hybridized carbons (Fsp3) is 0.258. The molecule has 33 heavy (non-hydrogen) atoms. The molecule has 0 N–H and O–H groups in total. The molecule has 0 aliphatic heterocycles. The van der Waals surface area contributed by atoms with Crippen molar-refractivity contribution in [3.8, 4) is 16.9 Å². The quantitative estimate of drug-likeness (QED) is 0.274. The van der Waals surface area contributed by atoms with Gasteiger partial charge < -0.3 is 4.57 Å². The summed E-state index contributed by atoms with van der Waals surface area (Å²) in [5, 5.41) is 2.61. The standard InChI is InChI=1S/C31H32N2/c1-30(2,3)22-12-14-28-25(18-22)26-19-23(31(4,5)6)13-15-29(26)33(28)24-16-17-32-27(20-24)21-10-8-7-9-11-21/h7-20H,1-6H3. The lowest BCUT2D eigenvalue weighted by Crippen LogP contribution is -2.10. The summed E-state index contributed by atoms with van der Waals surface area (Å²) in [4.78, 5) is 4.66. The minimum atomic E-state index is 0.0986. The Morgan fingerprint density at radius 2 is 1.15 bits per heavy atom. The number of benzene rings is 3. The van der Waals surface area contributed by atoms with E-state index in [0.717, 1.165) is 16.9 Å².